The molecular weight excluding hydrogens is 370 g/mol. The van der Waals surface area contributed by atoms with Crippen LogP contribution in [0.1, 0.15) is 34.8 Å². The minimum atomic E-state index is -0.365. The smallest absolute Gasteiger partial charge is 0.338 e. The predicted octanol–water partition coefficient (Wildman–Crippen LogP) is 2.46. The Labute approximate surface area is 170 Å². The van der Waals surface area contributed by atoms with Gasteiger partial charge in [-0.15, -0.1) is 0 Å². The molecule has 7 heteroatoms. The number of amides is 3. The summed E-state index contributed by atoms with van der Waals surface area (Å²) in [5, 5.41) is 5.64. The minimum Gasteiger partial charge on any atom is -0.462 e. The van der Waals surface area contributed by atoms with Crippen molar-refractivity contribution < 1.29 is 19.1 Å². The Morgan fingerprint density at radius 3 is 2.48 bits per heavy atom. The van der Waals surface area contributed by atoms with E-state index in [2.05, 4.69) is 10.6 Å². The molecule has 29 heavy (non-hydrogen) atoms. The van der Waals surface area contributed by atoms with Gasteiger partial charge in [0.05, 0.1) is 18.2 Å². The molecule has 2 N–H and O–H groups in total. The lowest BCUT2D eigenvalue weighted by atomic mass is 10.1. The summed E-state index contributed by atoms with van der Waals surface area (Å²) < 4.78 is 4.94. The van der Waals surface area contributed by atoms with Crippen molar-refractivity contribution in [1.29, 1.82) is 0 Å². The highest BCUT2D eigenvalue weighted by Gasteiger charge is 2.30. The zero-order chi connectivity index (χ0) is 20.6. The van der Waals surface area contributed by atoms with Crippen molar-refractivity contribution in [2.75, 3.05) is 13.2 Å². The predicted molar refractivity (Wildman–Crippen MR) is 108 cm³/mol. The highest BCUT2D eigenvalue weighted by Crippen LogP contribution is 2.15. The molecule has 0 radical (unpaired) electrons. The van der Waals surface area contributed by atoms with Gasteiger partial charge in [0, 0.05) is 26.1 Å². The zero-order valence-electron chi connectivity index (χ0n) is 16.4. The van der Waals surface area contributed by atoms with Crippen molar-refractivity contribution in [3.63, 3.8) is 0 Å². The number of carbonyl (C=O) groups excluding carboxylic acids is 3. The number of nitrogens with one attached hydrogen (secondary N) is 2. The minimum absolute atomic E-state index is 0.0358. The highest BCUT2D eigenvalue weighted by atomic mass is 16.5. The first kappa shape index (κ1) is 20.4. The fourth-order valence-corrected chi connectivity index (χ4v) is 3.22. The molecule has 0 aromatic heterocycles. The van der Waals surface area contributed by atoms with Crippen molar-refractivity contribution >= 4 is 17.9 Å². The summed E-state index contributed by atoms with van der Waals surface area (Å²) >= 11 is 0. The Kier molecular flexibility index (Phi) is 6.84. The summed E-state index contributed by atoms with van der Waals surface area (Å²) in [6, 6.07) is 16.1. The van der Waals surface area contributed by atoms with E-state index in [1.165, 1.54) is 0 Å². The van der Waals surface area contributed by atoms with E-state index in [1.54, 1.807) is 36.1 Å². The molecule has 1 unspecified atom stereocenters. The molecule has 1 aliphatic heterocycles. The largest absolute Gasteiger partial charge is 0.462 e. The fourth-order valence-electron chi connectivity index (χ4n) is 3.22. The number of benzene rings is 2. The van der Waals surface area contributed by atoms with Crippen LogP contribution in [0.5, 0.6) is 0 Å². The monoisotopic (exact) mass is 395 g/mol. The average molecular weight is 395 g/mol. The van der Waals surface area contributed by atoms with Crippen LogP contribution in [0.2, 0.25) is 0 Å². The summed E-state index contributed by atoms with van der Waals surface area (Å²) in [5.74, 6) is -0.329. The molecule has 1 fully saturated rings. The van der Waals surface area contributed by atoms with Crippen LogP contribution in [0.15, 0.2) is 54.6 Å². The number of rotatable bonds is 7. The van der Waals surface area contributed by atoms with Crippen LogP contribution in [0.3, 0.4) is 0 Å². The Hall–Kier alpha value is -3.35. The van der Waals surface area contributed by atoms with E-state index in [1.807, 2.05) is 30.3 Å². The van der Waals surface area contributed by atoms with Gasteiger partial charge in [0.2, 0.25) is 5.91 Å². The summed E-state index contributed by atoms with van der Waals surface area (Å²) in [6.45, 7) is 3.45. The van der Waals surface area contributed by atoms with Gasteiger partial charge in [-0.2, -0.15) is 0 Å². The summed E-state index contributed by atoms with van der Waals surface area (Å²) in [6.07, 6.45) is 0.300. The van der Waals surface area contributed by atoms with Crippen molar-refractivity contribution in [1.82, 2.24) is 15.5 Å². The normalized spacial score (nSPS) is 15.8. The van der Waals surface area contributed by atoms with Crippen LogP contribution >= 0.6 is 0 Å². The van der Waals surface area contributed by atoms with E-state index in [0.717, 1.165) is 11.1 Å². The number of ether oxygens (including phenoxy) is 1. The van der Waals surface area contributed by atoms with Crippen LogP contribution in [0, 0.1) is 0 Å². The van der Waals surface area contributed by atoms with Crippen LogP contribution in [0.25, 0.3) is 0 Å². The maximum absolute atomic E-state index is 12.2. The number of urea groups is 1. The van der Waals surface area contributed by atoms with Crippen LogP contribution in [-0.4, -0.2) is 42.0 Å². The Bertz CT molecular complexity index is 852. The number of hydrogen-bond acceptors (Lipinski definition) is 4. The zero-order valence-corrected chi connectivity index (χ0v) is 16.4. The number of esters is 1. The summed E-state index contributed by atoms with van der Waals surface area (Å²) in [4.78, 5) is 37.8. The molecule has 0 saturated carbocycles. The maximum Gasteiger partial charge on any atom is 0.338 e. The van der Waals surface area contributed by atoms with E-state index < -0.39 is 0 Å². The molecule has 2 aromatic carbocycles. The average Bonchev–Trinajstić information content (AvgIpc) is 3.06. The van der Waals surface area contributed by atoms with E-state index in [-0.39, 0.29) is 23.9 Å². The van der Waals surface area contributed by atoms with Crippen molar-refractivity contribution in [3.8, 4) is 0 Å². The molecular formula is C22H25N3O4. The van der Waals surface area contributed by atoms with Crippen LogP contribution in [-0.2, 0) is 22.6 Å². The van der Waals surface area contributed by atoms with Gasteiger partial charge in [-0.3, -0.25) is 4.79 Å². The topological polar surface area (TPSA) is 87.7 Å². The molecule has 0 spiro atoms. The van der Waals surface area contributed by atoms with E-state index >= 15 is 0 Å². The Morgan fingerprint density at radius 2 is 1.79 bits per heavy atom. The molecule has 7 nitrogen and oxygen atoms in total. The van der Waals surface area contributed by atoms with Crippen LogP contribution in [0.4, 0.5) is 4.79 Å². The first-order chi connectivity index (χ1) is 14.0. The number of likely N-dealkylation sites (tertiary alicyclic amines) is 1. The molecule has 152 valence electrons. The van der Waals surface area contributed by atoms with Crippen molar-refractivity contribution in [2.24, 2.45) is 0 Å². The molecule has 1 heterocycles. The second-order valence-corrected chi connectivity index (χ2v) is 6.91. The van der Waals surface area contributed by atoms with Gasteiger partial charge in [0.1, 0.15) is 0 Å². The Morgan fingerprint density at radius 1 is 1.07 bits per heavy atom. The highest BCUT2D eigenvalue weighted by molar-refractivity contribution is 5.89. The molecule has 3 amide bonds. The van der Waals surface area contributed by atoms with Crippen molar-refractivity contribution in [3.05, 3.63) is 71.3 Å². The lowest BCUT2D eigenvalue weighted by Crippen LogP contribution is -2.43. The third kappa shape index (κ3) is 5.81. The number of nitrogens with zero attached hydrogens (tertiary/aromatic N) is 1. The molecule has 1 aliphatic rings. The molecule has 0 bridgehead atoms. The lowest BCUT2D eigenvalue weighted by Gasteiger charge is -2.17. The van der Waals surface area contributed by atoms with Gasteiger partial charge in [0.15, 0.2) is 0 Å². The first-order valence-corrected chi connectivity index (χ1v) is 9.67. The van der Waals surface area contributed by atoms with Gasteiger partial charge in [-0.1, -0.05) is 42.5 Å². The molecule has 0 aliphatic carbocycles. The Balaban J connectivity index is 1.44. The van der Waals surface area contributed by atoms with E-state index in [4.69, 9.17) is 4.74 Å². The second kappa shape index (κ2) is 9.73. The first-order valence-electron chi connectivity index (χ1n) is 9.67. The van der Waals surface area contributed by atoms with Gasteiger partial charge in [-0.25, -0.2) is 9.59 Å². The second-order valence-electron chi connectivity index (χ2n) is 6.91. The fraction of sp³-hybridized carbons (Fsp3) is 0.318. The van der Waals surface area contributed by atoms with Crippen molar-refractivity contribution in [2.45, 2.75) is 32.5 Å². The maximum atomic E-state index is 12.2. The molecule has 1 atom stereocenters. The quantitative estimate of drug-likeness (QED) is 0.705. The molecule has 3 rings (SSSR count). The molecule has 1 saturated heterocycles. The third-order valence-corrected chi connectivity index (χ3v) is 4.68. The SMILES string of the molecule is CCOC(=O)c1ccc(CNC(=O)NC2CC(=O)N(Cc3ccccc3)C2)cc1. The van der Waals surface area contributed by atoms with Gasteiger partial charge >= 0.3 is 12.0 Å². The van der Waals surface area contributed by atoms with Gasteiger partial charge < -0.3 is 20.3 Å². The number of carbonyl (C=O) groups is 3. The van der Waals surface area contributed by atoms with Crippen LogP contribution < -0.4 is 10.6 Å². The van der Waals surface area contributed by atoms with E-state index in [0.29, 0.717) is 38.2 Å². The van der Waals surface area contributed by atoms with E-state index in [9.17, 15) is 14.4 Å². The summed E-state index contributed by atoms with van der Waals surface area (Å²) in [5.41, 5.74) is 2.40. The number of hydrogen-bond donors (Lipinski definition) is 2. The lowest BCUT2D eigenvalue weighted by molar-refractivity contribution is -0.128. The van der Waals surface area contributed by atoms with Gasteiger partial charge in [-0.05, 0) is 30.2 Å². The van der Waals surface area contributed by atoms with Gasteiger partial charge in [0.25, 0.3) is 0 Å². The molecule has 2 aromatic rings. The summed E-state index contributed by atoms with van der Waals surface area (Å²) in [7, 11) is 0. The third-order valence-electron chi connectivity index (χ3n) is 4.68. The standard InChI is InChI=1S/C22H25N3O4/c1-2-29-21(27)18-10-8-16(9-11-18)13-23-22(28)24-19-12-20(26)25(15-19)14-17-6-4-3-5-7-17/h3-11,19H,2,12-15H2,1H3,(H2,23,24,28).